The molecule has 2 aromatic heterocycles. The number of halogens is 1. The number of methoxy groups -OCH3 is 1. The lowest BCUT2D eigenvalue weighted by molar-refractivity contribution is -0.140. The van der Waals surface area contributed by atoms with Crippen LogP contribution in [0.2, 0.25) is 0 Å². The van der Waals surface area contributed by atoms with E-state index in [0.717, 1.165) is 15.9 Å². The first-order valence-corrected chi connectivity index (χ1v) is 5.70. The molecule has 16 heavy (non-hydrogen) atoms. The van der Waals surface area contributed by atoms with E-state index in [1.165, 1.54) is 7.11 Å². The third-order valence-electron chi connectivity index (χ3n) is 2.36. The second kappa shape index (κ2) is 4.65. The summed E-state index contributed by atoms with van der Waals surface area (Å²) in [4.78, 5) is 15.4. The number of pyridine rings is 1. The predicted octanol–water partition coefficient (Wildman–Crippen LogP) is 2.20. The average Bonchev–Trinajstić information content (AvgIpc) is 2.64. The number of aromatic nitrogens is 2. The Morgan fingerprint density at radius 2 is 2.38 bits per heavy atom. The first kappa shape index (κ1) is 11.1. The molecule has 0 aliphatic heterocycles. The van der Waals surface area contributed by atoms with Gasteiger partial charge in [0.2, 0.25) is 0 Å². The van der Waals surface area contributed by atoms with E-state index in [0.29, 0.717) is 12.8 Å². The average molecular weight is 283 g/mol. The maximum absolute atomic E-state index is 11.1. The van der Waals surface area contributed by atoms with E-state index in [2.05, 4.69) is 25.7 Å². The maximum Gasteiger partial charge on any atom is 0.305 e. The second-order valence-electron chi connectivity index (χ2n) is 3.35. The molecule has 0 unspecified atom stereocenters. The van der Waals surface area contributed by atoms with Crippen molar-refractivity contribution in [2.75, 3.05) is 7.11 Å². The minimum atomic E-state index is -0.219. The summed E-state index contributed by atoms with van der Waals surface area (Å²) in [5, 5.41) is 0. The van der Waals surface area contributed by atoms with Crippen molar-refractivity contribution in [1.29, 1.82) is 0 Å². The summed E-state index contributed by atoms with van der Waals surface area (Å²) in [7, 11) is 1.39. The molecule has 0 fully saturated rings. The van der Waals surface area contributed by atoms with Gasteiger partial charge in [-0.15, -0.1) is 0 Å². The standard InChI is InChI=1S/C11H11BrN2O2/c1-16-10(15)6-5-9-13-11(12)8-4-2-3-7-14(8)9/h2-4,7H,5-6H2,1H3. The fraction of sp³-hybridized carbons (Fsp3) is 0.273. The Labute approximate surface area is 101 Å². The van der Waals surface area contributed by atoms with E-state index in [-0.39, 0.29) is 5.97 Å². The van der Waals surface area contributed by atoms with Crippen LogP contribution in [0, 0.1) is 0 Å². The van der Waals surface area contributed by atoms with Crippen molar-refractivity contribution >= 4 is 27.4 Å². The number of esters is 1. The molecule has 2 aromatic rings. The number of imidazole rings is 1. The van der Waals surface area contributed by atoms with Gasteiger partial charge in [-0.3, -0.25) is 4.79 Å². The Hall–Kier alpha value is -1.36. The van der Waals surface area contributed by atoms with Gasteiger partial charge in [-0.1, -0.05) is 6.07 Å². The zero-order valence-corrected chi connectivity index (χ0v) is 10.4. The van der Waals surface area contributed by atoms with Crippen LogP contribution in [-0.2, 0) is 16.0 Å². The predicted molar refractivity (Wildman–Crippen MR) is 63.2 cm³/mol. The first-order chi connectivity index (χ1) is 7.72. The quantitative estimate of drug-likeness (QED) is 0.811. The number of rotatable bonds is 3. The van der Waals surface area contributed by atoms with Gasteiger partial charge in [0, 0.05) is 12.6 Å². The van der Waals surface area contributed by atoms with Gasteiger partial charge >= 0.3 is 5.97 Å². The summed E-state index contributed by atoms with van der Waals surface area (Å²) < 4.78 is 7.37. The van der Waals surface area contributed by atoms with Crippen molar-refractivity contribution in [3.8, 4) is 0 Å². The zero-order chi connectivity index (χ0) is 11.5. The minimum absolute atomic E-state index is 0.219. The van der Waals surface area contributed by atoms with Crippen LogP contribution in [0.25, 0.3) is 5.52 Å². The van der Waals surface area contributed by atoms with Crippen molar-refractivity contribution in [3.05, 3.63) is 34.8 Å². The van der Waals surface area contributed by atoms with Crippen LogP contribution < -0.4 is 0 Å². The third-order valence-corrected chi connectivity index (χ3v) is 2.94. The molecule has 0 saturated heterocycles. The summed E-state index contributed by atoms with van der Waals surface area (Å²) in [6.07, 6.45) is 2.85. The Morgan fingerprint density at radius 3 is 3.12 bits per heavy atom. The highest BCUT2D eigenvalue weighted by atomic mass is 79.9. The van der Waals surface area contributed by atoms with Crippen LogP contribution in [-0.4, -0.2) is 22.5 Å². The van der Waals surface area contributed by atoms with E-state index in [1.54, 1.807) is 0 Å². The van der Waals surface area contributed by atoms with Crippen LogP contribution in [0.4, 0.5) is 0 Å². The molecule has 5 heteroatoms. The van der Waals surface area contributed by atoms with E-state index in [9.17, 15) is 4.79 Å². The molecule has 0 amide bonds. The lowest BCUT2D eigenvalue weighted by Crippen LogP contribution is -2.04. The Bertz CT molecular complexity index is 522. The molecule has 0 atom stereocenters. The molecular formula is C11H11BrN2O2. The van der Waals surface area contributed by atoms with Crippen LogP contribution in [0.15, 0.2) is 29.0 Å². The van der Waals surface area contributed by atoms with Crippen LogP contribution in [0.5, 0.6) is 0 Å². The molecule has 84 valence electrons. The summed E-state index contributed by atoms with van der Waals surface area (Å²) in [6, 6.07) is 5.85. The molecule has 0 spiro atoms. The van der Waals surface area contributed by atoms with Gasteiger partial charge in [-0.2, -0.15) is 0 Å². The Kier molecular flexibility index (Phi) is 3.24. The smallest absolute Gasteiger partial charge is 0.305 e. The Balaban J connectivity index is 2.27. The highest BCUT2D eigenvalue weighted by Gasteiger charge is 2.10. The first-order valence-electron chi connectivity index (χ1n) is 4.90. The fourth-order valence-electron chi connectivity index (χ4n) is 1.55. The summed E-state index contributed by atoms with van der Waals surface area (Å²) in [6.45, 7) is 0. The normalized spacial score (nSPS) is 10.6. The lowest BCUT2D eigenvalue weighted by atomic mass is 10.3. The SMILES string of the molecule is COC(=O)CCc1nc(Br)c2ccccn12. The fourth-order valence-corrected chi connectivity index (χ4v) is 2.08. The molecule has 2 heterocycles. The highest BCUT2D eigenvalue weighted by Crippen LogP contribution is 2.19. The summed E-state index contributed by atoms with van der Waals surface area (Å²) in [5.41, 5.74) is 1.00. The minimum Gasteiger partial charge on any atom is -0.469 e. The number of hydrogen-bond acceptors (Lipinski definition) is 3. The van der Waals surface area contributed by atoms with Crippen LogP contribution in [0.3, 0.4) is 0 Å². The Morgan fingerprint density at radius 1 is 1.56 bits per heavy atom. The van der Waals surface area contributed by atoms with Crippen molar-refractivity contribution in [3.63, 3.8) is 0 Å². The van der Waals surface area contributed by atoms with Gasteiger partial charge < -0.3 is 9.14 Å². The van der Waals surface area contributed by atoms with E-state index in [1.807, 2.05) is 28.8 Å². The van der Waals surface area contributed by atoms with Crippen molar-refractivity contribution in [1.82, 2.24) is 9.38 Å². The van der Waals surface area contributed by atoms with Crippen LogP contribution in [0.1, 0.15) is 12.2 Å². The van der Waals surface area contributed by atoms with Gasteiger partial charge in [0.1, 0.15) is 10.4 Å². The van der Waals surface area contributed by atoms with Gasteiger partial charge in [-0.05, 0) is 28.1 Å². The lowest BCUT2D eigenvalue weighted by Gasteiger charge is -1.99. The zero-order valence-electron chi connectivity index (χ0n) is 8.81. The number of carbonyl (C=O) groups excluding carboxylic acids is 1. The van der Waals surface area contributed by atoms with E-state index < -0.39 is 0 Å². The number of carbonyl (C=O) groups is 1. The van der Waals surface area contributed by atoms with E-state index in [4.69, 9.17) is 0 Å². The number of nitrogens with zero attached hydrogens (tertiary/aromatic N) is 2. The number of ether oxygens (including phenoxy) is 1. The number of fused-ring (bicyclic) bond motifs is 1. The van der Waals surface area contributed by atoms with E-state index >= 15 is 0 Å². The molecule has 0 saturated carbocycles. The van der Waals surface area contributed by atoms with Gasteiger partial charge in [0.05, 0.1) is 19.0 Å². The molecule has 0 aromatic carbocycles. The summed E-state index contributed by atoms with van der Waals surface area (Å²) >= 11 is 3.39. The topological polar surface area (TPSA) is 43.6 Å². The maximum atomic E-state index is 11.1. The molecule has 0 aliphatic carbocycles. The molecule has 4 nitrogen and oxygen atoms in total. The molecule has 0 aliphatic rings. The van der Waals surface area contributed by atoms with Crippen molar-refractivity contribution in [2.24, 2.45) is 0 Å². The van der Waals surface area contributed by atoms with Crippen LogP contribution >= 0.6 is 15.9 Å². The second-order valence-corrected chi connectivity index (χ2v) is 4.10. The molecule has 0 N–H and O–H groups in total. The van der Waals surface area contributed by atoms with Gasteiger partial charge in [0.15, 0.2) is 0 Å². The largest absolute Gasteiger partial charge is 0.469 e. The number of aryl methyl sites for hydroxylation is 1. The van der Waals surface area contributed by atoms with Crippen molar-refractivity contribution < 1.29 is 9.53 Å². The summed E-state index contributed by atoms with van der Waals surface area (Å²) in [5.74, 6) is 0.636. The molecule has 0 radical (unpaired) electrons. The molecular weight excluding hydrogens is 272 g/mol. The van der Waals surface area contributed by atoms with Gasteiger partial charge in [-0.25, -0.2) is 4.98 Å². The van der Waals surface area contributed by atoms with Crippen molar-refractivity contribution in [2.45, 2.75) is 12.8 Å². The highest BCUT2D eigenvalue weighted by molar-refractivity contribution is 9.10. The monoisotopic (exact) mass is 282 g/mol. The number of hydrogen-bond donors (Lipinski definition) is 0. The molecule has 0 bridgehead atoms. The third kappa shape index (κ3) is 2.09. The molecule has 2 rings (SSSR count). The van der Waals surface area contributed by atoms with Gasteiger partial charge in [0.25, 0.3) is 0 Å².